The van der Waals surface area contributed by atoms with E-state index in [2.05, 4.69) is 5.32 Å². The minimum atomic E-state index is -0.286. The Labute approximate surface area is 174 Å². The number of allylic oxidation sites excluding steroid dienone is 2. The fraction of sp³-hybridized carbons (Fsp3) is 0.261. The van der Waals surface area contributed by atoms with E-state index >= 15 is 0 Å². The second-order valence-electron chi connectivity index (χ2n) is 7.38. The molecule has 7 nitrogen and oxygen atoms in total. The third-order valence-electron chi connectivity index (χ3n) is 5.63. The minimum absolute atomic E-state index is 0.173. The molecular weight excluding hydrogens is 380 g/mol. The van der Waals surface area contributed by atoms with Crippen LogP contribution in [0.25, 0.3) is 11.4 Å². The number of anilines is 1. The normalized spacial score (nSPS) is 17.8. The number of ether oxygens (including phenoxy) is 2. The van der Waals surface area contributed by atoms with Crippen LogP contribution in [0.1, 0.15) is 30.9 Å². The van der Waals surface area contributed by atoms with E-state index in [1.165, 1.54) is 0 Å². The van der Waals surface area contributed by atoms with E-state index in [-0.39, 0.29) is 11.8 Å². The second-order valence-corrected chi connectivity index (χ2v) is 7.38. The molecule has 0 saturated carbocycles. The van der Waals surface area contributed by atoms with E-state index in [0.29, 0.717) is 29.7 Å². The Kier molecular flexibility index (Phi) is 4.50. The predicted octanol–water partition coefficient (Wildman–Crippen LogP) is 3.98. The average Bonchev–Trinajstić information content (AvgIpc) is 3.21. The number of Topliss-reactive ketones (excluding diaryl/α,β-unsaturated/α-hetero) is 1. The first-order valence-corrected chi connectivity index (χ1v) is 9.96. The molecule has 30 heavy (non-hydrogen) atoms. The molecule has 0 fully saturated rings. The first kappa shape index (κ1) is 18.4. The molecule has 0 radical (unpaired) electrons. The molecule has 7 heteroatoms. The van der Waals surface area contributed by atoms with Gasteiger partial charge in [-0.15, -0.1) is 5.10 Å². The zero-order valence-electron chi connectivity index (χ0n) is 16.9. The van der Waals surface area contributed by atoms with Crippen molar-refractivity contribution in [2.24, 2.45) is 0 Å². The monoisotopic (exact) mass is 402 g/mol. The van der Waals surface area contributed by atoms with Gasteiger partial charge in [-0.3, -0.25) is 4.79 Å². The van der Waals surface area contributed by atoms with E-state index in [9.17, 15) is 4.79 Å². The van der Waals surface area contributed by atoms with Crippen LogP contribution in [0.4, 0.5) is 5.95 Å². The highest BCUT2D eigenvalue weighted by atomic mass is 16.5. The first-order valence-electron chi connectivity index (χ1n) is 9.96. The fourth-order valence-electron chi connectivity index (χ4n) is 4.20. The number of benzene rings is 2. The largest absolute Gasteiger partial charge is 0.493 e. The molecule has 152 valence electrons. The molecule has 0 saturated heterocycles. The number of carbonyl (C=O) groups is 1. The number of rotatable bonds is 4. The Morgan fingerprint density at radius 1 is 1.03 bits per heavy atom. The number of methoxy groups -OCH3 is 2. The topological polar surface area (TPSA) is 78.3 Å². The van der Waals surface area contributed by atoms with Crippen LogP contribution >= 0.6 is 0 Å². The van der Waals surface area contributed by atoms with Crippen molar-refractivity contribution in [3.05, 3.63) is 65.4 Å². The Morgan fingerprint density at radius 3 is 2.60 bits per heavy atom. The van der Waals surface area contributed by atoms with Crippen molar-refractivity contribution in [2.75, 3.05) is 19.5 Å². The summed E-state index contributed by atoms with van der Waals surface area (Å²) < 4.78 is 12.6. The third kappa shape index (κ3) is 2.94. The molecule has 1 aliphatic heterocycles. The van der Waals surface area contributed by atoms with Gasteiger partial charge in [-0.05, 0) is 36.6 Å². The quantitative estimate of drug-likeness (QED) is 0.711. The lowest BCUT2D eigenvalue weighted by Crippen LogP contribution is -2.31. The van der Waals surface area contributed by atoms with Crippen LogP contribution in [0.5, 0.6) is 11.5 Å². The maximum atomic E-state index is 12.9. The van der Waals surface area contributed by atoms with Crippen molar-refractivity contribution < 1.29 is 14.3 Å². The molecule has 1 N–H and O–H groups in total. The Morgan fingerprint density at radius 2 is 1.83 bits per heavy atom. The lowest BCUT2D eigenvalue weighted by molar-refractivity contribution is -0.116. The van der Waals surface area contributed by atoms with E-state index < -0.39 is 0 Å². The summed E-state index contributed by atoms with van der Waals surface area (Å²) in [4.78, 5) is 17.6. The molecular formula is C23H22N4O3. The molecule has 2 aromatic carbocycles. The van der Waals surface area contributed by atoms with Crippen molar-refractivity contribution in [3.63, 3.8) is 0 Å². The highest BCUT2D eigenvalue weighted by molar-refractivity contribution is 5.99. The van der Waals surface area contributed by atoms with E-state index in [4.69, 9.17) is 19.6 Å². The summed E-state index contributed by atoms with van der Waals surface area (Å²) in [6, 6.07) is 15.3. The smallest absolute Gasteiger partial charge is 0.226 e. The third-order valence-corrected chi connectivity index (χ3v) is 5.63. The molecule has 0 bridgehead atoms. The van der Waals surface area contributed by atoms with Crippen molar-refractivity contribution in [1.29, 1.82) is 0 Å². The fourth-order valence-corrected chi connectivity index (χ4v) is 4.20. The van der Waals surface area contributed by atoms with Gasteiger partial charge in [0.05, 0.1) is 14.2 Å². The maximum absolute atomic E-state index is 12.9. The summed E-state index contributed by atoms with van der Waals surface area (Å²) >= 11 is 0. The summed E-state index contributed by atoms with van der Waals surface area (Å²) in [5, 5.41) is 8.16. The molecule has 0 amide bonds. The Hall–Kier alpha value is -3.61. The van der Waals surface area contributed by atoms with E-state index in [1.54, 1.807) is 14.2 Å². The van der Waals surface area contributed by atoms with E-state index in [0.717, 1.165) is 35.2 Å². The van der Waals surface area contributed by atoms with Gasteiger partial charge in [0.1, 0.15) is 6.04 Å². The van der Waals surface area contributed by atoms with Crippen LogP contribution in [0.2, 0.25) is 0 Å². The Bertz CT molecular complexity index is 1150. The SMILES string of the molecule is COc1ccc(-c2nc3n(n2)[C@@H](c2ccccc2)C2=C(CCCC2=O)N3)cc1OC. The maximum Gasteiger partial charge on any atom is 0.226 e. The first-order chi connectivity index (χ1) is 14.7. The van der Waals surface area contributed by atoms with Gasteiger partial charge in [-0.25, -0.2) is 4.68 Å². The van der Waals surface area contributed by atoms with Crippen molar-refractivity contribution in [3.8, 4) is 22.9 Å². The van der Waals surface area contributed by atoms with Crippen LogP contribution in [0, 0.1) is 0 Å². The number of hydrogen-bond donors (Lipinski definition) is 1. The van der Waals surface area contributed by atoms with Crippen molar-refractivity contribution in [2.45, 2.75) is 25.3 Å². The van der Waals surface area contributed by atoms with Crippen molar-refractivity contribution >= 4 is 11.7 Å². The molecule has 3 aromatic rings. The van der Waals surface area contributed by atoms with Gasteiger partial charge in [0, 0.05) is 23.3 Å². The zero-order valence-corrected chi connectivity index (χ0v) is 16.9. The zero-order chi connectivity index (χ0) is 20.7. The number of nitrogens with one attached hydrogen (secondary N) is 1. The summed E-state index contributed by atoms with van der Waals surface area (Å²) in [5.74, 6) is 2.64. The molecule has 1 atom stereocenters. The summed E-state index contributed by atoms with van der Waals surface area (Å²) in [5.41, 5.74) is 3.58. The van der Waals surface area contributed by atoms with Gasteiger partial charge >= 0.3 is 0 Å². The lowest BCUT2D eigenvalue weighted by atomic mass is 9.85. The van der Waals surface area contributed by atoms with Crippen LogP contribution < -0.4 is 14.8 Å². The molecule has 0 unspecified atom stereocenters. The predicted molar refractivity (Wildman–Crippen MR) is 113 cm³/mol. The molecule has 1 aromatic heterocycles. The lowest BCUT2D eigenvalue weighted by Gasteiger charge is -2.32. The number of carbonyl (C=O) groups excluding carboxylic acids is 1. The number of ketones is 1. The summed E-state index contributed by atoms with van der Waals surface area (Å²) in [7, 11) is 3.20. The Balaban J connectivity index is 1.64. The minimum Gasteiger partial charge on any atom is -0.493 e. The molecule has 2 heterocycles. The van der Waals surface area contributed by atoms with E-state index in [1.807, 2.05) is 53.2 Å². The van der Waals surface area contributed by atoms with Crippen LogP contribution in [0.15, 0.2) is 59.8 Å². The average molecular weight is 402 g/mol. The molecule has 5 rings (SSSR count). The van der Waals surface area contributed by atoms with Gasteiger partial charge in [0.15, 0.2) is 23.1 Å². The van der Waals surface area contributed by atoms with Crippen LogP contribution in [0.3, 0.4) is 0 Å². The number of nitrogens with zero attached hydrogens (tertiary/aromatic N) is 3. The highest BCUT2D eigenvalue weighted by Gasteiger charge is 2.36. The second kappa shape index (κ2) is 7.33. The molecule has 2 aliphatic rings. The van der Waals surface area contributed by atoms with Gasteiger partial charge in [-0.2, -0.15) is 4.98 Å². The standard InChI is InChI=1S/C23H22N4O3/c1-29-18-12-11-15(13-19(18)30-2)22-25-23-24-16-9-6-10-17(28)20(16)21(27(23)26-22)14-7-4-3-5-8-14/h3-5,7-8,11-13,21H,6,9-10H2,1-2H3,(H,24,25,26)/t21-/m0/s1. The van der Waals surface area contributed by atoms with Gasteiger partial charge in [0.25, 0.3) is 0 Å². The van der Waals surface area contributed by atoms with Crippen LogP contribution in [-0.4, -0.2) is 34.8 Å². The molecule has 1 aliphatic carbocycles. The number of hydrogen-bond acceptors (Lipinski definition) is 6. The van der Waals surface area contributed by atoms with Crippen LogP contribution in [-0.2, 0) is 4.79 Å². The number of fused-ring (bicyclic) bond motifs is 1. The van der Waals surface area contributed by atoms with Gasteiger partial charge in [-0.1, -0.05) is 30.3 Å². The number of aromatic nitrogens is 3. The van der Waals surface area contributed by atoms with Gasteiger partial charge < -0.3 is 14.8 Å². The summed E-state index contributed by atoms with van der Waals surface area (Å²) in [6.07, 6.45) is 2.25. The molecule has 0 spiro atoms. The van der Waals surface area contributed by atoms with Crippen molar-refractivity contribution in [1.82, 2.24) is 14.8 Å². The summed E-state index contributed by atoms with van der Waals surface area (Å²) in [6.45, 7) is 0. The van der Waals surface area contributed by atoms with Gasteiger partial charge in [0.2, 0.25) is 5.95 Å². The highest BCUT2D eigenvalue weighted by Crippen LogP contribution is 2.41.